The molecule has 3 N–H and O–H groups in total. The fraction of sp³-hybridized carbons (Fsp3) is 0.500. The molecular formula is C18H24N6O2S. The van der Waals surface area contributed by atoms with Gasteiger partial charge in [0.25, 0.3) is 5.91 Å². The van der Waals surface area contributed by atoms with Crippen LogP contribution in [0.4, 0.5) is 10.9 Å². The quantitative estimate of drug-likeness (QED) is 0.600. The Bertz CT molecular complexity index is 729. The number of rotatable bonds is 8. The summed E-state index contributed by atoms with van der Waals surface area (Å²) in [5.74, 6) is 1.05. The number of carbonyl (C=O) groups excluding carboxylic acids is 2. The van der Waals surface area contributed by atoms with Gasteiger partial charge in [0.05, 0.1) is 5.56 Å². The molecule has 2 aromatic rings. The van der Waals surface area contributed by atoms with Crippen molar-refractivity contribution in [2.75, 3.05) is 23.7 Å². The van der Waals surface area contributed by atoms with E-state index in [2.05, 4.69) is 31.1 Å². The van der Waals surface area contributed by atoms with E-state index < -0.39 is 0 Å². The minimum Gasteiger partial charge on any atom is -0.368 e. The zero-order chi connectivity index (χ0) is 18.9. The Labute approximate surface area is 162 Å². The average Bonchev–Trinajstić information content (AvgIpc) is 3.19. The molecule has 144 valence electrons. The van der Waals surface area contributed by atoms with Gasteiger partial charge in [0.15, 0.2) is 0 Å². The van der Waals surface area contributed by atoms with Crippen molar-refractivity contribution in [2.45, 2.75) is 38.5 Å². The molecule has 3 rings (SSSR count). The number of anilines is 2. The Hall–Kier alpha value is -2.55. The lowest BCUT2D eigenvalue weighted by atomic mass is 9.87. The van der Waals surface area contributed by atoms with Gasteiger partial charge < -0.3 is 10.6 Å². The maximum absolute atomic E-state index is 12.0. The van der Waals surface area contributed by atoms with Crippen LogP contribution in [0.25, 0.3) is 0 Å². The largest absolute Gasteiger partial charge is 0.368 e. The van der Waals surface area contributed by atoms with Gasteiger partial charge in [-0.2, -0.15) is 0 Å². The maximum Gasteiger partial charge on any atom is 0.259 e. The molecule has 0 unspecified atom stereocenters. The maximum atomic E-state index is 12.0. The van der Waals surface area contributed by atoms with Crippen LogP contribution < -0.4 is 16.0 Å². The molecule has 0 radical (unpaired) electrons. The summed E-state index contributed by atoms with van der Waals surface area (Å²) in [5.41, 5.74) is 1.99. The molecule has 2 aromatic heterocycles. The van der Waals surface area contributed by atoms with Crippen LogP contribution in [-0.2, 0) is 4.79 Å². The standard InChI is InChI=1S/C18H24N6O2S/c25-16(10-13-4-2-1-3-5-13)20-9-8-19-15-7-6-14(11-21-15)17(26)23-18-24-22-12-27-18/h6-7,11-13H,1-5,8-10H2,(H,19,21)(H,20,25)(H,23,24,26). The molecule has 1 aliphatic carbocycles. The SMILES string of the molecule is O=C(CC1CCCCC1)NCCNc1ccc(C(=O)Nc2nncs2)cn1. The molecule has 0 saturated heterocycles. The molecule has 0 bridgehead atoms. The third-order valence-electron chi connectivity index (χ3n) is 4.56. The van der Waals surface area contributed by atoms with Crippen LogP contribution >= 0.6 is 11.3 Å². The molecule has 0 aromatic carbocycles. The molecule has 1 aliphatic rings. The molecule has 0 spiro atoms. The highest BCUT2D eigenvalue weighted by Gasteiger charge is 2.16. The summed E-state index contributed by atoms with van der Waals surface area (Å²) in [7, 11) is 0. The van der Waals surface area contributed by atoms with Gasteiger partial charge in [-0.15, -0.1) is 10.2 Å². The molecule has 8 nitrogen and oxygen atoms in total. The zero-order valence-corrected chi connectivity index (χ0v) is 15.9. The van der Waals surface area contributed by atoms with Crippen LogP contribution in [0.1, 0.15) is 48.9 Å². The van der Waals surface area contributed by atoms with Gasteiger partial charge in [-0.25, -0.2) is 4.98 Å². The highest BCUT2D eigenvalue weighted by Crippen LogP contribution is 2.25. The Morgan fingerprint density at radius 2 is 2.00 bits per heavy atom. The van der Waals surface area contributed by atoms with Crippen molar-refractivity contribution in [3.63, 3.8) is 0 Å². The normalized spacial score (nSPS) is 14.5. The first-order valence-corrected chi connectivity index (χ1v) is 10.1. The van der Waals surface area contributed by atoms with Crippen molar-refractivity contribution in [3.8, 4) is 0 Å². The third kappa shape index (κ3) is 6.28. The van der Waals surface area contributed by atoms with Gasteiger partial charge in [0, 0.05) is 25.7 Å². The number of aromatic nitrogens is 3. The molecule has 1 fully saturated rings. The number of hydrogen-bond donors (Lipinski definition) is 3. The lowest BCUT2D eigenvalue weighted by Crippen LogP contribution is -2.30. The van der Waals surface area contributed by atoms with Crippen LogP contribution in [0, 0.1) is 5.92 Å². The van der Waals surface area contributed by atoms with E-state index in [1.54, 1.807) is 17.6 Å². The lowest BCUT2D eigenvalue weighted by Gasteiger charge is -2.20. The van der Waals surface area contributed by atoms with E-state index in [0.717, 1.165) is 0 Å². The second-order valence-electron chi connectivity index (χ2n) is 6.62. The molecule has 9 heteroatoms. The summed E-state index contributed by atoms with van der Waals surface area (Å²) in [6.45, 7) is 1.13. The van der Waals surface area contributed by atoms with Crippen molar-refractivity contribution in [1.82, 2.24) is 20.5 Å². The Balaban J connectivity index is 1.34. The van der Waals surface area contributed by atoms with Crippen LogP contribution in [0.3, 0.4) is 0 Å². The van der Waals surface area contributed by atoms with Crippen molar-refractivity contribution in [3.05, 3.63) is 29.4 Å². The summed E-state index contributed by atoms with van der Waals surface area (Å²) in [6, 6.07) is 3.42. The van der Waals surface area contributed by atoms with Crippen LogP contribution in [0.15, 0.2) is 23.8 Å². The van der Waals surface area contributed by atoms with E-state index in [0.29, 0.717) is 41.9 Å². The van der Waals surface area contributed by atoms with Crippen molar-refractivity contribution < 1.29 is 9.59 Å². The van der Waals surface area contributed by atoms with E-state index in [9.17, 15) is 9.59 Å². The van der Waals surface area contributed by atoms with Gasteiger partial charge in [0.1, 0.15) is 11.3 Å². The zero-order valence-electron chi connectivity index (χ0n) is 15.1. The number of nitrogens with one attached hydrogen (secondary N) is 3. The Morgan fingerprint density at radius 3 is 2.70 bits per heavy atom. The van der Waals surface area contributed by atoms with E-state index in [4.69, 9.17) is 0 Å². The molecule has 1 saturated carbocycles. The molecule has 0 aliphatic heterocycles. The van der Waals surface area contributed by atoms with Gasteiger partial charge in [-0.05, 0) is 30.9 Å². The number of carbonyl (C=O) groups is 2. The summed E-state index contributed by atoms with van der Waals surface area (Å²) < 4.78 is 0. The minimum absolute atomic E-state index is 0.125. The minimum atomic E-state index is -0.277. The van der Waals surface area contributed by atoms with E-state index in [1.807, 2.05) is 0 Å². The number of pyridine rings is 1. The molecule has 2 heterocycles. The van der Waals surface area contributed by atoms with Crippen LogP contribution in [-0.4, -0.2) is 40.1 Å². The van der Waals surface area contributed by atoms with E-state index >= 15 is 0 Å². The average molecular weight is 388 g/mol. The second kappa shape index (κ2) is 9.96. The van der Waals surface area contributed by atoms with Crippen molar-refractivity contribution >= 4 is 34.1 Å². The predicted molar refractivity (Wildman–Crippen MR) is 105 cm³/mol. The summed E-state index contributed by atoms with van der Waals surface area (Å²) in [6.07, 6.45) is 8.29. The number of nitrogens with zero attached hydrogens (tertiary/aromatic N) is 3. The van der Waals surface area contributed by atoms with Gasteiger partial charge in [-0.1, -0.05) is 30.6 Å². The smallest absolute Gasteiger partial charge is 0.259 e. The molecule has 27 heavy (non-hydrogen) atoms. The lowest BCUT2D eigenvalue weighted by molar-refractivity contribution is -0.122. The predicted octanol–water partition coefficient (Wildman–Crippen LogP) is 2.68. The Morgan fingerprint density at radius 1 is 1.15 bits per heavy atom. The highest BCUT2D eigenvalue weighted by molar-refractivity contribution is 7.13. The van der Waals surface area contributed by atoms with Crippen LogP contribution in [0.5, 0.6) is 0 Å². The first-order chi connectivity index (χ1) is 13.2. The van der Waals surface area contributed by atoms with Crippen LogP contribution in [0.2, 0.25) is 0 Å². The third-order valence-corrected chi connectivity index (χ3v) is 5.16. The van der Waals surface area contributed by atoms with Crippen molar-refractivity contribution in [2.24, 2.45) is 5.92 Å². The topological polar surface area (TPSA) is 109 Å². The fourth-order valence-corrected chi connectivity index (χ4v) is 3.59. The number of amides is 2. The highest BCUT2D eigenvalue weighted by atomic mass is 32.1. The van der Waals surface area contributed by atoms with Gasteiger partial charge >= 0.3 is 0 Å². The molecule has 2 amide bonds. The van der Waals surface area contributed by atoms with Crippen molar-refractivity contribution in [1.29, 1.82) is 0 Å². The Kier molecular flexibility index (Phi) is 7.09. The monoisotopic (exact) mass is 388 g/mol. The van der Waals surface area contributed by atoms with Gasteiger partial charge in [-0.3, -0.25) is 14.9 Å². The summed E-state index contributed by atoms with van der Waals surface area (Å²) in [4.78, 5) is 28.2. The van der Waals surface area contributed by atoms with E-state index in [-0.39, 0.29) is 11.8 Å². The first-order valence-electron chi connectivity index (χ1n) is 9.25. The first kappa shape index (κ1) is 19.2. The number of hydrogen-bond acceptors (Lipinski definition) is 7. The summed E-state index contributed by atoms with van der Waals surface area (Å²) in [5, 5.41) is 16.6. The molecule has 0 atom stereocenters. The molecular weight excluding hydrogens is 364 g/mol. The second-order valence-corrected chi connectivity index (χ2v) is 7.45. The fourth-order valence-electron chi connectivity index (χ4n) is 3.15. The summed E-state index contributed by atoms with van der Waals surface area (Å²) >= 11 is 1.25. The van der Waals surface area contributed by atoms with E-state index in [1.165, 1.54) is 49.6 Å². The van der Waals surface area contributed by atoms with Gasteiger partial charge in [0.2, 0.25) is 11.0 Å².